The molecule has 5 heteroatoms. The summed E-state index contributed by atoms with van der Waals surface area (Å²) >= 11 is 3.60. The van der Waals surface area contributed by atoms with E-state index in [2.05, 4.69) is 34.9 Å². The summed E-state index contributed by atoms with van der Waals surface area (Å²) in [5.41, 5.74) is 1.53. The topological polar surface area (TPSA) is 47.3 Å². The van der Waals surface area contributed by atoms with Crippen molar-refractivity contribution in [2.24, 2.45) is 0 Å². The number of aliphatic hydroxyl groups is 1. The minimum atomic E-state index is -0.560. The number of hydrogen-bond acceptors (Lipinski definition) is 3. The summed E-state index contributed by atoms with van der Waals surface area (Å²) in [6, 6.07) is 0. The van der Waals surface area contributed by atoms with Crippen LogP contribution in [0.5, 0.6) is 0 Å². The van der Waals surface area contributed by atoms with Crippen molar-refractivity contribution >= 4 is 15.9 Å². The molecule has 19 heavy (non-hydrogen) atoms. The minimum absolute atomic E-state index is 0.536. The van der Waals surface area contributed by atoms with E-state index in [1.165, 1.54) is 0 Å². The van der Waals surface area contributed by atoms with Gasteiger partial charge in [0.25, 0.3) is 0 Å². The van der Waals surface area contributed by atoms with Crippen LogP contribution in [-0.4, -0.2) is 33.2 Å². The Bertz CT molecular complexity index is 416. The van der Waals surface area contributed by atoms with Gasteiger partial charge in [0.1, 0.15) is 0 Å². The second-order valence-corrected chi connectivity index (χ2v) is 5.93. The number of aliphatic hydroxyl groups excluding tert-OH is 1. The van der Waals surface area contributed by atoms with E-state index in [1.807, 2.05) is 25.5 Å². The first-order chi connectivity index (χ1) is 8.87. The Morgan fingerprint density at radius 1 is 1.37 bits per heavy atom. The zero-order valence-corrected chi connectivity index (χ0v) is 14.1. The molecule has 0 amide bonds. The van der Waals surface area contributed by atoms with Crippen LogP contribution in [0.3, 0.4) is 0 Å². The Balaban J connectivity index is 2.95. The van der Waals surface area contributed by atoms with Gasteiger partial charge >= 0.3 is 0 Å². The average molecular weight is 333 g/mol. The highest BCUT2D eigenvalue weighted by molar-refractivity contribution is 9.10. The van der Waals surface area contributed by atoms with Crippen molar-refractivity contribution in [2.75, 3.05) is 6.61 Å². The van der Waals surface area contributed by atoms with Crippen LogP contribution in [0.25, 0.3) is 0 Å². The van der Waals surface area contributed by atoms with Gasteiger partial charge in [-0.2, -0.15) is 5.10 Å². The normalized spacial score (nSPS) is 13.8. The van der Waals surface area contributed by atoms with Crippen LogP contribution in [0.2, 0.25) is 0 Å². The summed E-state index contributed by atoms with van der Waals surface area (Å²) in [5.74, 6) is 0. The lowest BCUT2D eigenvalue weighted by Crippen LogP contribution is -2.41. The Hall–Kier alpha value is -0.390. The summed E-state index contributed by atoms with van der Waals surface area (Å²) in [5, 5.41) is 14.9. The van der Waals surface area contributed by atoms with E-state index in [4.69, 9.17) is 4.74 Å². The molecule has 1 unspecified atom stereocenters. The van der Waals surface area contributed by atoms with E-state index >= 15 is 0 Å². The Labute approximate surface area is 124 Å². The zero-order chi connectivity index (χ0) is 14.6. The van der Waals surface area contributed by atoms with Gasteiger partial charge < -0.3 is 9.84 Å². The Morgan fingerprint density at radius 3 is 2.47 bits per heavy atom. The van der Waals surface area contributed by atoms with Crippen molar-refractivity contribution in [3.8, 4) is 0 Å². The van der Waals surface area contributed by atoms with Gasteiger partial charge in [-0.25, -0.2) is 0 Å². The highest BCUT2D eigenvalue weighted by Crippen LogP contribution is 2.26. The van der Waals surface area contributed by atoms with Crippen LogP contribution in [0.15, 0.2) is 4.47 Å². The molecular weight excluding hydrogens is 308 g/mol. The van der Waals surface area contributed by atoms with Gasteiger partial charge in [0, 0.05) is 19.6 Å². The van der Waals surface area contributed by atoms with Crippen molar-refractivity contribution in [1.82, 2.24) is 9.78 Å². The Morgan fingerprint density at radius 2 is 2.00 bits per heavy atom. The third-order valence-corrected chi connectivity index (χ3v) is 4.32. The van der Waals surface area contributed by atoms with Gasteiger partial charge in [-0.05, 0) is 50.0 Å². The van der Waals surface area contributed by atoms with Crippen molar-refractivity contribution < 1.29 is 9.84 Å². The molecule has 0 bridgehead atoms. The average Bonchev–Trinajstić information content (AvgIpc) is 2.66. The molecule has 1 heterocycles. The van der Waals surface area contributed by atoms with Gasteiger partial charge in [0.05, 0.1) is 27.6 Å². The number of aryl methyl sites for hydroxylation is 2. The van der Waals surface area contributed by atoms with E-state index < -0.39 is 11.7 Å². The highest BCUT2D eigenvalue weighted by Gasteiger charge is 2.30. The molecule has 0 aromatic carbocycles. The first-order valence-corrected chi connectivity index (χ1v) is 7.72. The molecule has 1 atom stereocenters. The second kappa shape index (κ2) is 6.86. The summed E-state index contributed by atoms with van der Waals surface area (Å²) < 4.78 is 8.58. The Kier molecular flexibility index (Phi) is 6.02. The lowest BCUT2D eigenvalue weighted by atomic mass is 9.97. The smallest absolute Gasteiger partial charge is 0.0887 e. The number of nitrogens with zero attached hydrogens (tertiary/aromatic N) is 2. The number of hydrogen-bond donors (Lipinski definition) is 1. The zero-order valence-electron chi connectivity index (χ0n) is 12.5. The third-order valence-electron chi connectivity index (χ3n) is 3.40. The fourth-order valence-corrected chi connectivity index (χ4v) is 2.84. The van der Waals surface area contributed by atoms with Gasteiger partial charge in [0.15, 0.2) is 0 Å². The number of aromatic nitrogens is 2. The van der Waals surface area contributed by atoms with Gasteiger partial charge in [0.2, 0.25) is 0 Å². The summed E-state index contributed by atoms with van der Waals surface area (Å²) in [6.07, 6.45) is 0.857. The third kappa shape index (κ3) is 3.80. The second-order valence-electron chi connectivity index (χ2n) is 5.13. The van der Waals surface area contributed by atoms with Crippen LogP contribution < -0.4 is 0 Å². The lowest BCUT2D eigenvalue weighted by molar-refractivity contribution is -0.0961. The molecule has 1 rings (SSSR count). The summed E-state index contributed by atoms with van der Waals surface area (Å²) in [4.78, 5) is 0. The largest absolute Gasteiger partial charge is 0.390 e. The fraction of sp³-hybridized carbons (Fsp3) is 0.786. The molecule has 4 nitrogen and oxygen atoms in total. The molecule has 110 valence electrons. The maximum absolute atomic E-state index is 10.4. The maximum Gasteiger partial charge on any atom is 0.0887 e. The molecule has 0 aliphatic heterocycles. The fourth-order valence-electron chi connectivity index (χ4n) is 2.11. The van der Waals surface area contributed by atoms with Crippen LogP contribution >= 0.6 is 15.9 Å². The molecule has 0 aliphatic carbocycles. The van der Waals surface area contributed by atoms with Crippen molar-refractivity contribution in [1.29, 1.82) is 0 Å². The molecule has 1 aromatic rings. The highest BCUT2D eigenvalue weighted by atomic mass is 79.9. The van der Waals surface area contributed by atoms with E-state index in [1.54, 1.807) is 0 Å². The molecule has 0 aliphatic rings. The van der Waals surface area contributed by atoms with E-state index in [0.717, 1.165) is 28.8 Å². The first-order valence-electron chi connectivity index (χ1n) is 6.93. The summed E-state index contributed by atoms with van der Waals surface area (Å²) in [6.45, 7) is 11.3. The predicted octanol–water partition coefficient (Wildman–Crippen LogP) is 2.95. The number of halogens is 1. The van der Waals surface area contributed by atoms with Crippen LogP contribution in [0.4, 0.5) is 0 Å². The van der Waals surface area contributed by atoms with E-state index in [0.29, 0.717) is 13.0 Å². The van der Waals surface area contributed by atoms with Gasteiger partial charge in [-0.1, -0.05) is 6.92 Å². The van der Waals surface area contributed by atoms with Crippen LogP contribution in [-0.2, 0) is 24.1 Å². The van der Waals surface area contributed by atoms with E-state index in [-0.39, 0.29) is 0 Å². The van der Waals surface area contributed by atoms with Gasteiger partial charge in [-0.15, -0.1) is 0 Å². The standard InChI is InChI=1S/C14H25BrN2O2/c1-6-10-13(15)11(17(7-2)16-10)9-12(18)14(4,5)19-8-3/h12,18H,6-9H2,1-5H3. The van der Waals surface area contributed by atoms with Crippen molar-refractivity contribution in [2.45, 2.75) is 65.7 Å². The quantitative estimate of drug-likeness (QED) is 0.835. The summed E-state index contributed by atoms with van der Waals surface area (Å²) in [7, 11) is 0. The molecule has 0 saturated heterocycles. The maximum atomic E-state index is 10.4. The predicted molar refractivity (Wildman–Crippen MR) is 80.4 cm³/mol. The molecular formula is C14H25BrN2O2. The lowest BCUT2D eigenvalue weighted by Gasteiger charge is -2.30. The first kappa shape index (κ1) is 16.7. The molecule has 0 spiro atoms. The molecule has 0 radical (unpaired) electrons. The number of ether oxygens (including phenoxy) is 1. The van der Waals surface area contributed by atoms with Crippen LogP contribution in [0, 0.1) is 0 Å². The monoisotopic (exact) mass is 332 g/mol. The van der Waals surface area contributed by atoms with Crippen molar-refractivity contribution in [3.05, 3.63) is 15.9 Å². The molecule has 1 aromatic heterocycles. The molecule has 1 N–H and O–H groups in total. The minimum Gasteiger partial charge on any atom is -0.390 e. The molecule has 0 saturated carbocycles. The SMILES string of the molecule is CCOC(C)(C)C(O)Cc1c(Br)c(CC)nn1CC. The van der Waals surface area contributed by atoms with Crippen LogP contribution in [0.1, 0.15) is 46.0 Å². The van der Waals surface area contributed by atoms with Crippen molar-refractivity contribution in [3.63, 3.8) is 0 Å². The molecule has 0 fully saturated rings. The number of rotatable bonds is 7. The van der Waals surface area contributed by atoms with E-state index in [9.17, 15) is 5.11 Å². The van der Waals surface area contributed by atoms with Gasteiger partial charge in [-0.3, -0.25) is 4.68 Å².